The Morgan fingerprint density at radius 2 is 0.487 bits per heavy atom. The summed E-state index contributed by atoms with van der Waals surface area (Å²) in [6.45, 7) is 3.41. The highest BCUT2D eigenvalue weighted by atomic mass is 35.5. The first-order chi connectivity index (χ1) is 73.3. The molecule has 2 saturated heterocycles. The third-order valence-corrected chi connectivity index (χ3v) is 28.9. The molecule has 754 valence electrons. The number of hydrogen-bond acceptors (Lipinski definition) is 10. The molecular formula is C134H122Cl2F3N5O6. The maximum Gasteiger partial charge on any atom is 0.416 e. The average Bonchev–Trinajstić information content (AvgIpc) is 0.852. The number of alkyl halides is 3. The van der Waals surface area contributed by atoms with Gasteiger partial charge in [-0.05, 0) is 189 Å². The highest BCUT2D eigenvalue weighted by Crippen LogP contribution is 2.49. The van der Waals surface area contributed by atoms with E-state index in [0.29, 0.717) is 11.1 Å². The van der Waals surface area contributed by atoms with Gasteiger partial charge in [0.2, 0.25) is 0 Å². The number of rotatable bonds is 29. The number of hydrogen-bond donors (Lipinski definition) is 9. The predicted molar refractivity (Wildman–Crippen MR) is 600 cm³/mol. The molecule has 19 aromatic rings. The van der Waals surface area contributed by atoms with Crippen LogP contribution in [-0.4, -0.2) is 74.7 Å². The van der Waals surface area contributed by atoms with Gasteiger partial charge in [0.25, 0.3) is 0 Å². The van der Waals surface area contributed by atoms with Gasteiger partial charge in [-0.2, -0.15) is 13.2 Å². The molecule has 21 rings (SSSR count). The quantitative estimate of drug-likeness (QED) is 0.0161. The molecule has 1 aromatic heterocycles. The number of carboxylic acids is 1. The summed E-state index contributed by atoms with van der Waals surface area (Å²) in [6, 6.07) is 173. The molecular weight excluding hydrogens is 1900 g/mol. The number of aliphatic hydroxyl groups is 4. The SMILES string of the molecule is Clc1ccccc1C(NCCCNC(c1ccccc1)(c1ccccc1)c1ccccc1Cl)(c1ccccc1)c1ccccc1.O=C(O)CC(c1ccccc1)(c1ccccc1)c1ccccc1.OC(c1ccccc1)(c1ccccc1)C1CCCN1.OC(c1ccccc1)(c1ccccc1)C1CCCN1.OC(c1ccccc1)(c1ccccc1)c1ccccc1C(F)(F)F.OC(c1ccccc1)(c1ccccc1)c1ccncc1. The fourth-order valence-electron chi connectivity index (χ4n) is 21.0. The number of pyridine rings is 1. The molecule has 18 aromatic carbocycles. The molecule has 2 unspecified atom stereocenters. The van der Waals surface area contributed by atoms with Gasteiger partial charge < -0.3 is 36.2 Å². The van der Waals surface area contributed by atoms with Gasteiger partial charge in [-0.1, -0.05) is 533 Å². The fraction of sp³-hybridized carbons (Fsp3) is 0.149. The summed E-state index contributed by atoms with van der Waals surface area (Å²) in [5.41, 5.74) is 8.69. The summed E-state index contributed by atoms with van der Waals surface area (Å²) >= 11 is 13.9. The molecule has 9 N–H and O–H groups in total. The van der Waals surface area contributed by atoms with Gasteiger partial charge in [-0.25, -0.2) is 0 Å². The van der Waals surface area contributed by atoms with E-state index in [1.54, 1.807) is 73.1 Å². The number of nitrogens with zero attached hydrogens (tertiary/aromatic N) is 1. The molecule has 0 amide bonds. The van der Waals surface area contributed by atoms with Crippen LogP contribution in [0.15, 0.2) is 552 Å². The van der Waals surface area contributed by atoms with Crippen LogP contribution in [-0.2, 0) is 49.9 Å². The first-order valence-corrected chi connectivity index (χ1v) is 51.5. The van der Waals surface area contributed by atoms with Crippen molar-refractivity contribution < 1.29 is 43.5 Å². The zero-order chi connectivity index (χ0) is 104. The maximum atomic E-state index is 13.5. The molecule has 2 aliphatic rings. The molecule has 2 atom stereocenters. The summed E-state index contributed by atoms with van der Waals surface area (Å²) in [4.78, 5) is 15.8. The highest BCUT2D eigenvalue weighted by molar-refractivity contribution is 6.32. The van der Waals surface area contributed by atoms with E-state index >= 15 is 0 Å². The summed E-state index contributed by atoms with van der Waals surface area (Å²) in [7, 11) is 0. The number of aliphatic carboxylic acids is 1. The van der Waals surface area contributed by atoms with Crippen molar-refractivity contribution in [3.05, 3.63) is 674 Å². The van der Waals surface area contributed by atoms with E-state index < -0.39 is 56.6 Å². The lowest BCUT2D eigenvalue weighted by molar-refractivity contribution is -0.140. The van der Waals surface area contributed by atoms with Crippen LogP contribution in [0.2, 0.25) is 10.0 Å². The molecule has 0 bridgehead atoms. The van der Waals surface area contributed by atoms with Crippen LogP contribution in [0.25, 0.3) is 0 Å². The molecule has 2 fully saturated rings. The molecule has 3 heterocycles. The Kier molecular flexibility index (Phi) is 36.9. The number of carboxylic acid groups (broad SMARTS) is 1. The molecule has 16 heteroatoms. The molecule has 2 aliphatic heterocycles. The van der Waals surface area contributed by atoms with Gasteiger partial charge >= 0.3 is 12.1 Å². The van der Waals surface area contributed by atoms with Crippen molar-refractivity contribution in [3.63, 3.8) is 0 Å². The zero-order valence-corrected chi connectivity index (χ0v) is 84.8. The van der Waals surface area contributed by atoms with Crippen LogP contribution in [0.5, 0.6) is 0 Å². The van der Waals surface area contributed by atoms with E-state index in [2.05, 4.69) is 172 Å². The van der Waals surface area contributed by atoms with E-state index in [4.69, 9.17) is 23.2 Å². The Hall–Kier alpha value is -15.4. The molecule has 150 heavy (non-hydrogen) atoms. The zero-order valence-electron chi connectivity index (χ0n) is 83.2. The smallest absolute Gasteiger partial charge is 0.416 e. The lowest BCUT2D eigenvalue weighted by Crippen LogP contribution is -2.48. The van der Waals surface area contributed by atoms with Gasteiger partial charge in [0.1, 0.15) is 22.4 Å². The molecule has 11 nitrogen and oxygen atoms in total. The number of halogens is 5. The summed E-state index contributed by atoms with van der Waals surface area (Å²) in [5.74, 6) is -0.818. The predicted octanol–water partition coefficient (Wildman–Crippen LogP) is 28.0. The third-order valence-electron chi connectivity index (χ3n) is 28.2. The second kappa shape index (κ2) is 51.5. The Balaban J connectivity index is 0.000000133. The third kappa shape index (κ3) is 24.4. The fourth-order valence-corrected chi connectivity index (χ4v) is 21.6. The van der Waals surface area contributed by atoms with Crippen LogP contribution >= 0.6 is 23.2 Å². The minimum atomic E-state index is -4.56. The second-order valence-electron chi connectivity index (χ2n) is 37.2. The Morgan fingerprint density at radius 1 is 0.273 bits per heavy atom. The summed E-state index contributed by atoms with van der Waals surface area (Å²) < 4.78 is 40.5. The van der Waals surface area contributed by atoms with Crippen LogP contribution in [0, 0.1) is 0 Å². The van der Waals surface area contributed by atoms with Crippen molar-refractivity contribution in [1.29, 1.82) is 0 Å². The Bertz CT molecular complexity index is 6640. The van der Waals surface area contributed by atoms with E-state index in [1.807, 2.05) is 309 Å². The monoisotopic (exact) mass is 2020 g/mol. The van der Waals surface area contributed by atoms with E-state index in [9.17, 15) is 43.5 Å². The summed E-state index contributed by atoms with van der Waals surface area (Å²) in [5, 5.41) is 71.6. The lowest BCUT2D eigenvalue weighted by atomic mass is 9.67. The van der Waals surface area contributed by atoms with Gasteiger partial charge in [-0.15, -0.1) is 0 Å². The largest absolute Gasteiger partial charge is 0.481 e. The Labute approximate surface area is 888 Å². The molecule has 0 saturated carbocycles. The van der Waals surface area contributed by atoms with Crippen molar-refractivity contribution in [1.82, 2.24) is 26.3 Å². The van der Waals surface area contributed by atoms with Crippen LogP contribution in [0.4, 0.5) is 13.2 Å². The van der Waals surface area contributed by atoms with Crippen LogP contribution in [0.1, 0.15) is 150 Å². The van der Waals surface area contributed by atoms with E-state index in [0.717, 1.165) is 163 Å². The summed E-state index contributed by atoms with van der Waals surface area (Å²) in [6.07, 6.45) is 3.93. The van der Waals surface area contributed by atoms with E-state index in [1.165, 1.54) is 18.2 Å². The first kappa shape index (κ1) is 107. The molecule has 0 radical (unpaired) electrons. The first-order valence-electron chi connectivity index (χ1n) is 50.8. The minimum absolute atomic E-state index is 0.00500. The van der Waals surface area contributed by atoms with Crippen molar-refractivity contribution in [2.24, 2.45) is 0 Å². The topological polar surface area (TPSA) is 179 Å². The van der Waals surface area contributed by atoms with Gasteiger partial charge in [0, 0.05) is 40.1 Å². The van der Waals surface area contributed by atoms with Crippen LogP contribution < -0.4 is 21.3 Å². The second-order valence-corrected chi connectivity index (χ2v) is 38.0. The maximum absolute atomic E-state index is 13.5. The van der Waals surface area contributed by atoms with Gasteiger partial charge in [0.05, 0.1) is 28.5 Å². The average molecular weight is 2030 g/mol. The Morgan fingerprint density at radius 3 is 0.727 bits per heavy atom. The minimum Gasteiger partial charge on any atom is -0.481 e. The normalized spacial score (nSPS) is 13.6. The van der Waals surface area contributed by atoms with Crippen molar-refractivity contribution in [2.45, 2.75) is 95.7 Å². The standard InChI is InChI=1S/C41H36Cl2N2.C21H18O2.C20H15F3O.C18H15NO.2C17H19NO/c42-38-28-15-13-26-36(38)40(32-18-5-1-6-19-32,33-20-7-2-8-21-33)44-30-17-31-45-41(34-22-9-3-10-23-34,35-24-11-4-12-25-35)37-27-14-16-29-39(37)43;22-20(23)16-21(17-10-4-1-5-11-17,18-12-6-2-7-13-18)19-14-8-3-9-15-19;21-20(22,23)18-14-8-7-13-17(18)19(24,15-9-3-1-4-10-15)16-11-5-2-6-12-16;20-18(15-7-3-1-4-8-15,16-9-5-2-6-10-16)17-11-13-19-14-12-17;2*19-17(16-12-7-13-18-16,14-8-3-1-4-9-14)15-10-5-2-6-11-15/h1-16,18-29,44-45H,17,30-31H2;1-15H,16H2,(H,22,23);1-14,24H;1-14,20H;2*1-6,8-11,16,18-19H,7,12-13H2. The lowest BCUT2D eigenvalue weighted by Gasteiger charge is -2.39. The van der Waals surface area contributed by atoms with Crippen molar-refractivity contribution >= 4 is 29.2 Å². The van der Waals surface area contributed by atoms with Crippen molar-refractivity contribution in [3.8, 4) is 0 Å². The molecule has 0 spiro atoms. The van der Waals surface area contributed by atoms with E-state index in [-0.39, 0.29) is 24.1 Å². The molecule has 0 aliphatic carbocycles. The highest BCUT2D eigenvalue weighted by Gasteiger charge is 2.47. The van der Waals surface area contributed by atoms with Crippen molar-refractivity contribution in [2.75, 3.05) is 26.2 Å². The van der Waals surface area contributed by atoms with Gasteiger partial charge in [-0.3, -0.25) is 20.4 Å². The number of nitrogens with one attached hydrogen (secondary N) is 4. The van der Waals surface area contributed by atoms with Gasteiger partial charge in [0.15, 0.2) is 0 Å². The number of carbonyl (C=O) groups is 1. The number of aromatic nitrogens is 1. The number of benzene rings is 18. The van der Waals surface area contributed by atoms with Crippen LogP contribution in [0.3, 0.4) is 0 Å².